The predicted molar refractivity (Wildman–Crippen MR) is 69.5 cm³/mol. The maximum atomic E-state index is 11.5. The van der Waals surface area contributed by atoms with Gasteiger partial charge in [-0.15, -0.1) is 0 Å². The van der Waals surface area contributed by atoms with Crippen LogP contribution in [0.4, 0.5) is 0 Å². The summed E-state index contributed by atoms with van der Waals surface area (Å²) >= 11 is 0. The number of carbonyl (C=O) groups is 1. The van der Waals surface area contributed by atoms with E-state index >= 15 is 0 Å². The van der Waals surface area contributed by atoms with E-state index in [9.17, 15) is 13.2 Å². The Morgan fingerprint density at radius 1 is 1.35 bits per heavy atom. The number of carbonyl (C=O) groups excluding carboxylic acids is 1. The molecule has 0 heterocycles. The van der Waals surface area contributed by atoms with Crippen LogP contribution >= 0.6 is 0 Å². The zero-order chi connectivity index (χ0) is 13.3. The van der Waals surface area contributed by atoms with E-state index in [-0.39, 0.29) is 24.1 Å². The molecule has 0 spiro atoms. The molecule has 102 valence electrons. The first-order valence-electron chi connectivity index (χ1n) is 6.06. The molecule has 6 heteroatoms. The van der Waals surface area contributed by atoms with Gasteiger partial charge in [-0.25, -0.2) is 8.42 Å². The maximum Gasteiger partial charge on any atom is 0.220 e. The highest BCUT2D eigenvalue weighted by Gasteiger charge is 2.11. The summed E-state index contributed by atoms with van der Waals surface area (Å²) in [7, 11) is -2.97. The molecule has 0 aliphatic carbocycles. The van der Waals surface area contributed by atoms with Crippen molar-refractivity contribution in [3.05, 3.63) is 0 Å². The highest BCUT2D eigenvalue weighted by molar-refractivity contribution is 7.90. The average Bonchev–Trinajstić information content (AvgIpc) is 2.22. The molecule has 0 fully saturated rings. The molecular weight excluding hydrogens is 240 g/mol. The molecule has 17 heavy (non-hydrogen) atoms. The van der Waals surface area contributed by atoms with Crippen molar-refractivity contribution in [2.24, 2.45) is 5.73 Å². The summed E-state index contributed by atoms with van der Waals surface area (Å²) in [4.78, 5) is 11.5. The van der Waals surface area contributed by atoms with Crippen LogP contribution in [0.3, 0.4) is 0 Å². The molecule has 0 aliphatic heterocycles. The van der Waals surface area contributed by atoms with Gasteiger partial charge in [0.25, 0.3) is 0 Å². The van der Waals surface area contributed by atoms with Crippen LogP contribution in [-0.2, 0) is 14.6 Å². The van der Waals surface area contributed by atoms with Crippen LogP contribution in [0.1, 0.15) is 39.0 Å². The Labute approximate surface area is 104 Å². The van der Waals surface area contributed by atoms with Crippen molar-refractivity contribution in [3.63, 3.8) is 0 Å². The minimum absolute atomic E-state index is 0.0145. The number of nitrogens with two attached hydrogens (primary N) is 1. The van der Waals surface area contributed by atoms with Crippen molar-refractivity contribution in [3.8, 4) is 0 Å². The summed E-state index contributed by atoms with van der Waals surface area (Å²) in [5.41, 5.74) is 5.55. The standard InChI is InChI=1S/C11H24N2O3S/c1-3-4-6-10(9-12)13-11(14)7-5-8-17(2,15)16/h10H,3-9,12H2,1-2H3,(H,13,14). The lowest BCUT2D eigenvalue weighted by Crippen LogP contribution is -2.40. The fourth-order valence-electron chi connectivity index (χ4n) is 1.49. The Morgan fingerprint density at radius 2 is 2.00 bits per heavy atom. The van der Waals surface area contributed by atoms with E-state index in [0.29, 0.717) is 13.0 Å². The van der Waals surface area contributed by atoms with Crippen LogP contribution < -0.4 is 11.1 Å². The zero-order valence-corrected chi connectivity index (χ0v) is 11.6. The van der Waals surface area contributed by atoms with Crippen molar-refractivity contribution in [1.29, 1.82) is 0 Å². The van der Waals surface area contributed by atoms with E-state index in [1.807, 2.05) is 0 Å². The second-order valence-electron chi connectivity index (χ2n) is 4.38. The number of unbranched alkanes of at least 4 members (excludes halogenated alkanes) is 1. The summed E-state index contributed by atoms with van der Waals surface area (Å²) in [6.45, 7) is 2.51. The number of amides is 1. The van der Waals surface area contributed by atoms with E-state index < -0.39 is 9.84 Å². The van der Waals surface area contributed by atoms with Crippen LogP contribution in [-0.4, -0.2) is 38.9 Å². The molecule has 1 atom stereocenters. The van der Waals surface area contributed by atoms with E-state index in [2.05, 4.69) is 12.2 Å². The number of hydrogen-bond donors (Lipinski definition) is 2. The van der Waals surface area contributed by atoms with Gasteiger partial charge in [-0.1, -0.05) is 19.8 Å². The molecule has 0 saturated carbocycles. The first-order chi connectivity index (χ1) is 7.89. The zero-order valence-electron chi connectivity index (χ0n) is 10.7. The third-order valence-electron chi connectivity index (χ3n) is 2.47. The summed E-state index contributed by atoms with van der Waals surface area (Å²) in [6.07, 6.45) is 4.77. The van der Waals surface area contributed by atoms with Gasteiger partial charge in [-0.3, -0.25) is 4.79 Å². The lowest BCUT2D eigenvalue weighted by atomic mass is 10.1. The topological polar surface area (TPSA) is 89.3 Å². The normalized spacial score (nSPS) is 13.4. The van der Waals surface area contributed by atoms with E-state index in [1.165, 1.54) is 6.26 Å². The summed E-state index contributed by atoms with van der Waals surface area (Å²) in [6, 6.07) is 0.0145. The Balaban J connectivity index is 3.83. The molecule has 0 aliphatic rings. The Morgan fingerprint density at radius 3 is 2.47 bits per heavy atom. The molecule has 5 nitrogen and oxygen atoms in total. The van der Waals surface area contributed by atoms with Crippen molar-refractivity contribution in [1.82, 2.24) is 5.32 Å². The van der Waals surface area contributed by atoms with Crippen molar-refractivity contribution < 1.29 is 13.2 Å². The first-order valence-corrected chi connectivity index (χ1v) is 8.12. The van der Waals surface area contributed by atoms with Gasteiger partial charge in [-0.05, 0) is 12.8 Å². The highest BCUT2D eigenvalue weighted by Crippen LogP contribution is 2.01. The Hall–Kier alpha value is -0.620. The van der Waals surface area contributed by atoms with E-state index in [1.54, 1.807) is 0 Å². The van der Waals surface area contributed by atoms with Crippen LogP contribution in [0.15, 0.2) is 0 Å². The fraction of sp³-hybridized carbons (Fsp3) is 0.909. The molecule has 0 aromatic carbocycles. The van der Waals surface area contributed by atoms with E-state index in [4.69, 9.17) is 5.73 Å². The van der Waals surface area contributed by atoms with Gasteiger partial charge in [0, 0.05) is 25.3 Å². The molecule has 0 aromatic rings. The lowest BCUT2D eigenvalue weighted by molar-refractivity contribution is -0.121. The molecule has 0 rings (SSSR count). The number of sulfone groups is 1. The third kappa shape index (κ3) is 10.3. The second-order valence-corrected chi connectivity index (χ2v) is 6.64. The summed E-state index contributed by atoms with van der Waals surface area (Å²) in [5, 5.41) is 2.83. The first kappa shape index (κ1) is 16.4. The minimum Gasteiger partial charge on any atom is -0.352 e. The third-order valence-corrected chi connectivity index (χ3v) is 3.50. The van der Waals surface area contributed by atoms with Crippen molar-refractivity contribution in [2.75, 3.05) is 18.6 Å². The fourth-order valence-corrected chi connectivity index (χ4v) is 2.16. The molecule has 3 N–H and O–H groups in total. The van der Waals surface area contributed by atoms with Gasteiger partial charge in [0.15, 0.2) is 0 Å². The molecular formula is C11H24N2O3S. The van der Waals surface area contributed by atoms with Gasteiger partial charge >= 0.3 is 0 Å². The van der Waals surface area contributed by atoms with Crippen LogP contribution in [0.2, 0.25) is 0 Å². The Kier molecular flexibility index (Phi) is 8.16. The quantitative estimate of drug-likeness (QED) is 0.632. The molecule has 0 saturated heterocycles. The minimum atomic E-state index is -2.97. The van der Waals surface area contributed by atoms with Gasteiger partial charge in [-0.2, -0.15) is 0 Å². The highest BCUT2D eigenvalue weighted by atomic mass is 32.2. The number of nitrogens with one attached hydrogen (secondary N) is 1. The van der Waals surface area contributed by atoms with E-state index in [0.717, 1.165) is 19.3 Å². The van der Waals surface area contributed by atoms with Crippen molar-refractivity contribution >= 4 is 15.7 Å². The van der Waals surface area contributed by atoms with Crippen LogP contribution in [0, 0.1) is 0 Å². The van der Waals surface area contributed by atoms with Gasteiger partial charge < -0.3 is 11.1 Å². The number of hydrogen-bond acceptors (Lipinski definition) is 4. The molecule has 1 amide bonds. The summed E-state index contributed by atoms with van der Waals surface area (Å²) in [5.74, 6) is -0.0527. The monoisotopic (exact) mass is 264 g/mol. The lowest BCUT2D eigenvalue weighted by Gasteiger charge is -2.16. The largest absolute Gasteiger partial charge is 0.352 e. The maximum absolute atomic E-state index is 11.5. The molecule has 0 radical (unpaired) electrons. The molecule has 0 aromatic heterocycles. The SMILES string of the molecule is CCCCC(CN)NC(=O)CCCS(C)(=O)=O. The second kappa shape index (κ2) is 8.47. The van der Waals surface area contributed by atoms with Crippen molar-refractivity contribution in [2.45, 2.75) is 45.1 Å². The average molecular weight is 264 g/mol. The molecule has 1 unspecified atom stereocenters. The van der Waals surface area contributed by atoms with Crippen LogP contribution in [0.25, 0.3) is 0 Å². The van der Waals surface area contributed by atoms with Gasteiger partial charge in [0.2, 0.25) is 5.91 Å². The predicted octanol–water partition coefficient (Wildman–Crippen LogP) is 0.445. The Bertz CT molecular complexity index is 315. The van der Waals surface area contributed by atoms with Gasteiger partial charge in [0.05, 0.1) is 5.75 Å². The number of rotatable bonds is 9. The van der Waals surface area contributed by atoms with Crippen LogP contribution in [0.5, 0.6) is 0 Å². The van der Waals surface area contributed by atoms with Gasteiger partial charge in [0.1, 0.15) is 9.84 Å². The molecule has 0 bridgehead atoms. The summed E-state index contributed by atoms with van der Waals surface area (Å²) < 4.78 is 21.8. The smallest absolute Gasteiger partial charge is 0.220 e.